The largest absolute Gasteiger partial charge is 0.327 e. The molecule has 0 spiro atoms. The minimum Gasteiger partial charge on any atom is -0.327 e. The van der Waals surface area contributed by atoms with Crippen molar-refractivity contribution < 1.29 is 0 Å². The quantitative estimate of drug-likeness (QED) is 0.597. The second-order valence-corrected chi connectivity index (χ2v) is 3.51. The lowest BCUT2D eigenvalue weighted by atomic mass is 9.85. The summed E-state index contributed by atoms with van der Waals surface area (Å²) < 4.78 is 0. The molecule has 0 bridgehead atoms. The maximum atomic E-state index is 5.96. The summed E-state index contributed by atoms with van der Waals surface area (Å²) in [6.45, 7) is 0. The fourth-order valence-corrected chi connectivity index (χ4v) is 1.90. The molecular formula is C10H14N2. The van der Waals surface area contributed by atoms with Gasteiger partial charge in [0.2, 0.25) is 0 Å². The first-order chi connectivity index (χ1) is 5.77. The molecule has 2 atom stereocenters. The lowest BCUT2D eigenvalue weighted by Gasteiger charge is -2.26. The predicted molar refractivity (Wildman–Crippen MR) is 49.7 cm³/mol. The van der Waals surface area contributed by atoms with Crippen LogP contribution in [0, 0.1) is 0 Å². The topological polar surface area (TPSA) is 52.0 Å². The van der Waals surface area contributed by atoms with E-state index in [4.69, 9.17) is 11.5 Å². The van der Waals surface area contributed by atoms with Gasteiger partial charge < -0.3 is 11.5 Å². The smallest absolute Gasteiger partial charge is 0.0312 e. The standard InChI is InChI=1S/C10H14N2/c11-8-5-7-3-1-2-4-9(7)10(12)6-8/h1-4,8,10H,5-6,11-12H2. The van der Waals surface area contributed by atoms with Crippen molar-refractivity contribution in [2.75, 3.05) is 0 Å². The normalized spacial score (nSPS) is 28.2. The van der Waals surface area contributed by atoms with Crippen LogP contribution in [0.15, 0.2) is 24.3 Å². The van der Waals surface area contributed by atoms with E-state index in [1.54, 1.807) is 0 Å². The van der Waals surface area contributed by atoms with Crippen molar-refractivity contribution in [2.24, 2.45) is 11.5 Å². The molecule has 2 unspecified atom stereocenters. The minimum absolute atomic E-state index is 0.143. The molecule has 64 valence electrons. The van der Waals surface area contributed by atoms with Gasteiger partial charge in [-0.2, -0.15) is 0 Å². The van der Waals surface area contributed by atoms with Gasteiger partial charge in [0.05, 0.1) is 0 Å². The second-order valence-electron chi connectivity index (χ2n) is 3.51. The Balaban J connectivity index is 2.40. The lowest BCUT2D eigenvalue weighted by molar-refractivity contribution is 0.499. The average Bonchev–Trinajstić information content (AvgIpc) is 2.04. The maximum absolute atomic E-state index is 5.96. The van der Waals surface area contributed by atoms with Crippen LogP contribution in [0.25, 0.3) is 0 Å². The highest BCUT2D eigenvalue weighted by Gasteiger charge is 2.20. The molecule has 0 aromatic heterocycles. The number of fused-ring (bicyclic) bond motifs is 1. The van der Waals surface area contributed by atoms with Crippen molar-refractivity contribution in [1.82, 2.24) is 0 Å². The van der Waals surface area contributed by atoms with Crippen LogP contribution in [0.1, 0.15) is 23.6 Å². The van der Waals surface area contributed by atoms with E-state index in [1.165, 1.54) is 11.1 Å². The highest BCUT2D eigenvalue weighted by molar-refractivity contribution is 5.32. The van der Waals surface area contributed by atoms with Crippen LogP contribution in [-0.4, -0.2) is 6.04 Å². The maximum Gasteiger partial charge on any atom is 0.0312 e. The monoisotopic (exact) mass is 162 g/mol. The molecule has 2 nitrogen and oxygen atoms in total. The molecule has 1 aliphatic carbocycles. The first-order valence-electron chi connectivity index (χ1n) is 4.36. The van der Waals surface area contributed by atoms with Gasteiger partial charge >= 0.3 is 0 Å². The predicted octanol–water partition coefficient (Wildman–Crippen LogP) is 0.960. The number of rotatable bonds is 0. The third kappa shape index (κ3) is 1.24. The highest BCUT2D eigenvalue weighted by atomic mass is 14.7. The first-order valence-corrected chi connectivity index (χ1v) is 4.36. The Morgan fingerprint density at radius 1 is 1.17 bits per heavy atom. The van der Waals surface area contributed by atoms with Crippen LogP contribution < -0.4 is 11.5 Å². The molecule has 0 aliphatic heterocycles. The van der Waals surface area contributed by atoms with E-state index in [2.05, 4.69) is 12.1 Å². The minimum atomic E-state index is 0.143. The van der Waals surface area contributed by atoms with Crippen LogP contribution in [0.4, 0.5) is 0 Å². The van der Waals surface area contributed by atoms with Gasteiger partial charge in [-0.25, -0.2) is 0 Å². The summed E-state index contributed by atoms with van der Waals surface area (Å²) in [4.78, 5) is 0. The molecule has 0 heterocycles. The fraction of sp³-hybridized carbons (Fsp3) is 0.400. The molecule has 1 aromatic rings. The Morgan fingerprint density at radius 3 is 2.75 bits per heavy atom. The summed E-state index contributed by atoms with van der Waals surface area (Å²) in [7, 11) is 0. The van der Waals surface area contributed by atoms with Gasteiger partial charge in [-0.05, 0) is 24.0 Å². The van der Waals surface area contributed by atoms with Gasteiger partial charge in [-0.15, -0.1) is 0 Å². The molecule has 1 aliphatic rings. The highest BCUT2D eigenvalue weighted by Crippen LogP contribution is 2.26. The van der Waals surface area contributed by atoms with Gasteiger partial charge in [0.25, 0.3) is 0 Å². The molecular weight excluding hydrogens is 148 g/mol. The van der Waals surface area contributed by atoms with Crippen LogP contribution in [0.2, 0.25) is 0 Å². The van der Waals surface area contributed by atoms with Crippen molar-refractivity contribution in [3.05, 3.63) is 35.4 Å². The third-order valence-electron chi connectivity index (χ3n) is 2.49. The van der Waals surface area contributed by atoms with Gasteiger partial charge in [-0.1, -0.05) is 24.3 Å². The Kier molecular flexibility index (Phi) is 1.87. The zero-order valence-electron chi connectivity index (χ0n) is 7.03. The van der Waals surface area contributed by atoms with Gasteiger partial charge in [0, 0.05) is 12.1 Å². The van der Waals surface area contributed by atoms with E-state index in [1.807, 2.05) is 12.1 Å². The average molecular weight is 162 g/mol. The summed E-state index contributed by atoms with van der Waals surface area (Å²) in [5.74, 6) is 0. The van der Waals surface area contributed by atoms with Crippen molar-refractivity contribution in [3.63, 3.8) is 0 Å². The van der Waals surface area contributed by atoms with E-state index in [0.717, 1.165) is 12.8 Å². The Bertz CT molecular complexity index is 283. The molecule has 1 aromatic carbocycles. The summed E-state index contributed by atoms with van der Waals surface area (Å²) in [6.07, 6.45) is 1.89. The van der Waals surface area contributed by atoms with Gasteiger partial charge in [0.15, 0.2) is 0 Å². The van der Waals surface area contributed by atoms with E-state index in [9.17, 15) is 0 Å². The Morgan fingerprint density at radius 2 is 1.92 bits per heavy atom. The van der Waals surface area contributed by atoms with E-state index >= 15 is 0 Å². The zero-order chi connectivity index (χ0) is 8.55. The molecule has 0 radical (unpaired) electrons. The van der Waals surface area contributed by atoms with Crippen molar-refractivity contribution in [1.29, 1.82) is 0 Å². The van der Waals surface area contributed by atoms with Crippen molar-refractivity contribution >= 4 is 0 Å². The van der Waals surface area contributed by atoms with Gasteiger partial charge in [-0.3, -0.25) is 0 Å². The SMILES string of the molecule is NC1Cc2ccccc2C(N)C1. The molecule has 4 N–H and O–H groups in total. The summed E-state index contributed by atoms with van der Waals surface area (Å²) in [5.41, 5.74) is 14.4. The third-order valence-corrected chi connectivity index (χ3v) is 2.49. The van der Waals surface area contributed by atoms with Crippen LogP contribution in [-0.2, 0) is 6.42 Å². The number of hydrogen-bond donors (Lipinski definition) is 2. The van der Waals surface area contributed by atoms with Gasteiger partial charge in [0.1, 0.15) is 0 Å². The Labute approximate surface area is 72.6 Å². The van der Waals surface area contributed by atoms with Crippen molar-refractivity contribution in [2.45, 2.75) is 24.9 Å². The first kappa shape index (κ1) is 7.77. The molecule has 0 saturated carbocycles. The van der Waals surface area contributed by atoms with Crippen LogP contribution in [0.3, 0.4) is 0 Å². The van der Waals surface area contributed by atoms with Crippen molar-refractivity contribution in [3.8, 4) is 0 Å². The summed E-state index contributed by atoms with van der Waals surface area (Å²) in [6, 6.07) is 8.69. The van der Waals surface area contributed by atoms with E-state index in [0.29, 0.717) is 0 Å². The lowest BCUT2D eigenvalue weighted by Crippen LogP contribution is -2.33. The van der Waals surface area contributed by atoms with E-state index in [-0.39, 0.29) is 12.1 Å². The second kappa shape index (κ2) is 2.88. The number of hydrogen-bond acceptors (Lipinski definition) is 2. The fourth-order valence-electron chi connectivity index (χ4n) is 1.90. The number of nitrogens with two attached hydrogens (primary N) is 2. The van der Waals surface area contributed by atoms with Crippen LogP contribution in [0.5, 0.6) is 0 Å². The summed E-state index contributed by atoms with van der Waals surface area (Å²) in [5, 5.41) is 0. The van der Waals surface area contributed by atoms with Crippen LogP contribution >= 0.6 is 0 Å². The molecule has 2 heteroatoms. The Hall–Kier alpha value is -0.860. The molecule has 12 heavy (non-hydrogen) atoms. The molecule has 0 fully saturated rings. The molecule has 0 saturated heterocycles. The molecule has 0 amide bonds. The zero-order valence-corrected chi connectivity index (χ0v) is 7.03. The number of benzene rings is 1. The van der Waals surface area contributed by atoms with E-state index < -0.39 is 0 Å². The summed E-state index contributed by atoms with van der Waals surface area (Å²) >= 11 is 0. The molecule has 2 rings (SSSR count).